The Morgan fingerprint density at radius 2 is 1.62 bits per heavy atom. The summed E-state index contributed by atoms with van der Waals surface area (Å²) in [6.45, 7) is 1.50. The van der Waals surface area contributed by atoms with E-state index in [0.717, 1.165) is 12.8 Å². The summed E-state index contributed by atoms with van der Waals surface area (Å²) in [6.07, 6.45) is 3.27. The summed E-state index contributed by atoms with van der Waals surface area (Å²) in [4.78, 5) is 4.40. The van der Waals surface area contributed by atoms with Crippen LogP contribution in [0.15, 0.2) is 58.5 Å². The molecule has 2 aliphatic rings. The smallest absolute Gasteiger partial charge is 0.243 e. The molecule has 0 unspecified atom stereocenters. The molecule has 10 heteroatoms. The lowest BCUT2D eigenvalue weighted by Crippen LogP contribution is -2.40. The van der Waals surface area contributed by atoms with Crippen molar-refractivity contribution < 1.29 is 21.6 Å². The van der Waals surface area contributed by atoms with Crippen LogP contribution < -0.4 is 0 Å². The van der Waals surface area contributed by atoms with E-state index in [9.17, 15) is 16.8 Å². The molecule has 0 N–H and O–H groups in total. The van der Waals surface area contributed by atoms with Gasteiger partial charge in [-0.25, -0.2) is 16.8 Å². The monoisotopic (exact) mass is 437 g/mol. The highest BCUT2D eigenvalue weighted by molar-refractivity contribution is 7.89. The van der Waals surface area contributed by atoms with Gasteiger partial charge in [-0.15, -0.1) is 0 Å². The van der Waals surface area contributed by atoms with Crippen LogP contribution in [0.3, 0.4) is 0 Å². The predicted molar refractivity (Wildman–Crippen MR) is 106 cm³/mol. The van der Waals surface area contributed by atoms with Crippen molar-refractivity contribution in [2.75, 3.05) is 26.3 Å². The van der Waals surface area contributed by atoms with Gasteiger partial charge in [-0.1, -0.05) is 6.07 Å². The number of pyridine rings is 1. The fourth-order valence-corrected chi connectivity index (χ4v) is 6.34. The van der Waals surface area contributed by atoms with Crippen LogP contribution in [0.2, 0.25) is 0 Å². The van der Waals surface area contributed by atoms with Crippen LogP contribution >= 0.6 is 0 Å². The van der Waals surface area contributed by atoms with Crippen LogP contribution in [0.5, 0.6) is 0 Å². The van der Waals surface area contributed by atoms with Gasteiger partial charge in [0.1, 0.15) is 0 Å². The van der Waals surface area contributed by atoms with Gasteiger partial charge in [0.05, 0.1) is 35.2 Å². The molecule has 1 aliphatic carbocycles. The van der Waals surface area contributed by atoms with Crippen molar-refractivity contribution in [2.24, 2.45) is 0 Å². The Kier molecular flexibility index (Phi) is 5.71. The quantitative estimate of drug-likeness (QED) is 0.651. The van der Waals surface area contributed by atoms with E-state index in [1.807, 2.05) is 6.07 Å². The molecule has 0 radical (unpaired) electrons. The maximum Gasteiger partial charge on any atom is 0.243 e. The SMILES string of the molecule is O=S(=O)(c1ccc(S(=O)(=O)N(Cc2ccccn2)C2CC2)cc1)N1CCOCC1. The molecule has 2 aromatic rings. The molecule has 1 saturated carbocycles. The molecule has 0 spiro atoms. The molecule has 0 atom stereocenters. The molecule has 1 aromatic heterocycles. The minimum atomic E-state index is -3.76. The zero-order chi connectivity index (χ0) is 20.5. The van der Waals surface area contributed by atoms with Crippen molar-refractivity contribution in [3.05, 3.63) is 54.4 Å². The normalized spacial score (nSPS) is 18.8. The molecule has 8 nitrogen and oxygen atoms in total. The second-order valence-electron chi connectivity index (χ2n) is 7.09. The van der Waals surface area contributed by atoms with Crippen LogP contribution in [0.4, 0.5) is 0 Å². The number of hydrogen-bond donors (Lipinski definition) is 0. The van der Waals surface area contributed by atoms with Crippen LogP contribution in [0.25, 0.3) is 0 Å². The third kappa shape index (κ3) is 4.36. The molecular formula is C19H23N3O5S2. The van der Waals surface area contributed by atoms with Gasteiger partial charge in [0.25, 0.3) is 0 Å². The van der Waals surface area contributed by atoms with Crippen molar-refractivity contribution in [1.29, 1.82) is 0 Å². The molecule has 4 rings (SSSR count). The lowest BCUT2D eigenvalue weighted by atomic mass is 10.3. The zero-order valence-corrected chi connectivity index (χ0v) is 17.5. The Labute approximate surface area is 171 Å². The molecule has 1 saturated heterocycles. The highest BCUT2D eigenvalue weighted by Crippen LogP contribution is 2.33. The zero-order valence-electron chi connectivity index (χ0n) is 15.8. The van der Waals surface area contributed by atoms with E-state index in [-0.39, 0.29) is 22.4 Å². The highest BCUT2D eigenvalue weighted by Gasteiger charge is 2.38. The maximum absolute atomic E-state index is 13.2. The second kappa shape index (κ2) is 8.11. The standard InChI is InChI=1S/C19H23N3O5S2/c23-28(24,21-11-13-27-14-12-21)18-6-8-19(9-7-18)29(25,26)22(17-4-5-17)15-16-3-1-2-10-20-16/h1-3,6-10,17H,4-5,11-15H2. The van der Waals surface area contributed by atoms with Gasteiger partial charge in [0.15, 0.2) is 0 Å². The second-order valence-corrected chi connectivity index (χ2v) is 10.9. The Hall–Kier alpha value is -1.85. The number of hydrogen-bond acceptors (Lipinski definition) is 6. The summed E-state index contributed by atoms with van der Waals surface area (Å²) in [5, 5.41) is 0. The molecule has 2 fully saturated rings. The number of morpholine rings is 1. The summed E-state index contributed by atoms with van der Waals surface area (Å²) in [6, 6.07) is 10.8. The van der Waals surface area contributed by atoms with Crippen LogP contribution in [0, 0.1) is 0 Å². The highest BCUT2D eigenvalue weighted by atomic mass is 32.2. The van der Waals surface area contributed by atoms with Gasteiger partial charge in [-0.3, -0.25) is 4.98 Å². The first-order valence-corrected chi connectivity index (χ1v) is 12.4. The summed E-state index contributed by atoms with van der Waals surface area (Å²) in [5.41, 5.74) is 0.675. The lowest BCUT2D eigenvalue weighted by Gasteiger charge is -2.26. The average molecular weight is 438 g/mol. The van der Waals surface area contributed by atoms with Crippen LogP contribution in [0.1, 0.15) is 18.5 Å². The van der Waals surface area contributed by atoms with Crippen molar-refractivity contribution in [3.63, 3.8) is 0 Å². The van der Waals surface area contributed by atoms with Gasteiger partial charge >= 0.3 is 0 Å². The van der Waals surface area contributed by atoms with Crippen LogP contribution in [-0.4, -0.2) is 62.8 Å². The van der Waals surface area contributed by atoms with E-state index < -0.39 is 20.0 Å². The molecule has 1 aliphatic heterocycles. The number of ether oxygens (including phenoxy) is 1. The largest absolute Gasteiger partial charge is 0.379 e. The number of aromatic nitrogens is 1. The molecule has 29 heavy (non-hydrogen) atoms. The minimum Gasteiger partial charge on any atom is -0.379 e. The first-order valence-electron chi connectivity index (χ1n) is 9.49. The summed E-state index contributed by atoms with van der Waals surface area (Å²) in [5.74, 6) is 0. The van der Waals surface area contributed by atoms with Gasteiger partial charge in [-0.05, 0) is 49.2 Å². The first-order chi connectivity index (χ1) is 13.9. The van der Waals surface area contributed by atoms with E-state index in [1.54, 1.807) is 18.3 Å². The van der Waals surface area contributed by atoms with E-state index in [4.69, 9.17) is 4.74 Å². The summed E-state index contributed by atoms with van der Waals surface area (Å²) in [7, 11) is -7.42. The third-order valence-electron chi connectivity index (χ3n) is 5.04. The summed E-state index contributed by atoms with van der Waals surface area (Å²) >= 11 is 0. The van der Waals surface area contributed by atoms with Crippen molar-refractivity contribution >= 4 is 20.0 Å². The minimum absolute atomic E-state index is 0.0428. The van der Waals surface area contributed by atoms with Gasteiger partial charge in [0, 0.05) is 25.3 Å². The molecule has 0 amide bonds. The van der Waals surface area contributed by atoms with Gasteiger partial charge < -0.3 is 4.74 Å². The lowest BCUT2D eigenvalue weighted by molar-refractivity contribution is 0.0730. The van der Waals surface area contributed by atoms with Crippen LogP contribution in [-0.2, 0) is 31.3 Å². The van der Waals surface area contributed by atoms with Crippen molar-refractivity contribution in [1.82, 2.24) is 13.6 Å². The number of sulfonamides is 2. The number of rotatable bonds is 7. The fourth-order valence-electron chi connectivity index (χ4n) is 3.28. The molecule has 2 heterocycles. The maximum atomic E-state index is 13.2. The first kappa shape index (κ1) is 20.4. The predicted octanol–water partition coefficient (Wildman–Crippen LogP) is 1.46. The van der Waals surface area contributed by atoms with Crippen molar-refractivity contribution in [3.8, 4) is 0 Å². The third-order valence-corrected chi connectivity index (χ3v) is 8.86. The van der Waals surface area contributed by atoms with Crippen molar-refractivity contribution in [2.45, 2.75) is 35.2 Å². The fraction of sp³-hybridized carbons (Fsp3) is 0.421. The van der Waals surface area contributed by atoms with Gasteiger partial charge in [0.2, 0.25) is 20.0 Å². The van der Waals surface area contributed by atoms with Gasteiger partial charge in [-0.2, -0.15) is 8.61 Å². The number of benzene rings is 1. The van der Waals surface area contributed by atoms with E-state index in [2.05, 4.69) is 4.98 Å². The Morgan fingerprint density at radius 3 is 2.21 bits per heavy atom. The Balaban J connectivity index is 1.58. The average Bonchev–Trinajstić information content (AvgIpc) is 3.58. The Bertz CT molecular complexity index is 1050. The summed E-state index contributed by atoms with van der Waals surface area (Å²) < 4.78 is 59.9. The molecule has 1 aromatic carbocycles. The van der Waals surface area contributed by atoms with E-state index in [0.29, 0.717) is 32.0 Å². The molecular weight excluding hydrogens is 414 g/mol. The Morgan fingerprint density at radius 1 is 0.966 bits per heavy atom. The number of nitrogens with zero attached hydrogens (tertiary/aromatic N) is 3. The topological polar surface area (TPSA) is 96.9 Å². The van der Waals surface area contributed by atoms with E-state index >= 15 is 0 Å². The molecule has 0 bridgehead atoms. The van der Waals surface area contributed by atoms with E-state index in [1.165, 1.54) is 32.9 Å². The molecule has 156 valence electrons.